The Labute approximate surface area is 162 Å². The molecule has 1 aromatic heterocycles. The van der Waals surface area contributed by atoms with Gasteiger partial charge in [0, 0.05) is 35.0 Å². The molecule has 0 saturated carbocycles. The third-order valence-corrected chi connectivity index (χ3v) is 4.42. The van der Waals surface area contributed by atoms with Crippen molar-refractivity contribution in [3.05, 3.63) is 93.7 Å². The van der Waals surface area contributed by atoms with Crippen LogP contribution < -0.4 is 10.6 Å². The number of nitrogens with one attached hydrogen (secondary N) is 2. The van der Waals surface area contributed by atoms with Crippen LogP contribution in [0.1, 0.15) is 21.6 Å². The lowest BCUT2D eigenvalue weighted by molar-refractivity contribution is 0.0946. The number of hydrogen-bond acceptors (Lipinski definition) is 3. The molecular formula is C20H17Cl2N3O. The molecule has 3 rings (SSSR count). The van der Waals surface area contributed by atoms with Gasteiger partial charge in [-0.2, -0.15) is 0 Å². The molecule has 0 fully saturated rings. The topological polar surface area (TPSA) is 54.0 Å². The molecule has 1 heterocycles. The van der Waals surface area contributed by atoms with E-state index in [0.717, 1.165) is 16.8 Å². The molecule has 2 aromatic carbocycles. The van der Waals surface area contributed by atoms with Gasteiger partial charge in [-0.1, -0.05) is 53.5 Å². The number of anilines is 1. The van der Waals surface area contributed by atoms with Crippen molar-refractivity contribution in [1.82, 2.24) is 10.3 Å². The van der Waals surface area contributed by atoms with Crippen LogP contribution in [0.2, 0.25) is 10.0 Å². The van der Waals surface area contributed by atoms with Gasteiger partial charge in [0.25, 0.3) is 5.91 Å². The summed E-state index contributed by atoms with van der Waals surface area (Å²) in [5.41, 5.74) is 3.12. The lowest BCUT2D eigenvalue weighted by Crippen LogP contribution is -2.24. The van der Waals surface area contributed by atoms with Crippen molar-refractivity contribution in [3.63, 3.8) is 0 Å². The van der Waals surface area contributed by atoms with Gasteiger partial charge in [-0.3, -0.25) is 9.78 Å². The summed E-state index contributed by atoms with van der Waals surface area (Å²) < 4.78 is 0. The number of aromatic nitrogens is 1. The summed E-state index contributed by atoms with van der Waals surface area (Å²) in [6.07, 6.45) is 1.61. The molecule has 26 heavy (non-hydrogen) atoms. The Bertz CT molecular complexity index is 898. The van der Waals surface area contributed by atoms with Gasteiger partial charge in [0.1, 0.15) is 5.69 Å². The number of carbonyl (C=O) groups excluding carboxylic acids is 1. The van der Waals surface area contributed by atoms with Crippen LogP contribution in [0, 0.1) is 0 Å². The Balaban J connectivity index is 1.60. The number of pyridine rings is 1. The fourth-order valence-electron chi connectivity index (χ4n) is 2.38. The molecule has 6 heteroatoms. The van der Waals surface area contributed by atoms with Crippen molar-refractivity contribution in [1.29, 1.82) is 0 Å². The molecule has 0 spiro atoms. The van der Waals surface area contributed by atoms with Crippen molar-refractivity contribution in [2.24, 2.45) is 0 Å². The molecular weight excluding hydrogens is 369 g/mol. The molecule has 2 N–H and O–H groups in total. The summed E-state index contributed by atoms with van der Waals surface area (Å²) in [6, 6.07) is 18.5. The number of halogens is 2. The second-order valence-corrected chi connectivity index (χ2v) is 6.53. The summed E-state index contributed by atoms with van der Waals surface area (Å²) in [7, 11) is 0. The first-order valence-electron chi connectivity index (χ1n) is 8.08. The maximum Gasteiger partial charge on any atom is 0.270 e. The van der Waals surface area contributed by atoms with Crippen molar-refractivity contribution < 1.29 is 4.79 Å². The summed E-state index contributed by atoms with van der Waals surface area (Å²) in [5.74, 6) is -0.250. The predicted octanol–water partition coefficient (Wildman–Crippen LogP) is 4.93. The molecule has 0 atom stereocenters. The van der Waals surface area contributed by atoms with Crippen LogP contribution in [-0.4, -0.2) is 10.9 Å². The van der Waals surface area contributed by atoms with Crippen LogP contribution in [0.4, 0.5) is 5.69 Å². The van der Waals surface area contributed by atoms with E-state index in [4.69, 9.17) is 23.2 Å². The van der Waals surface area contributed by atoms with Gasteiger partial charge >= 0.3 is 0 Å². The number of rotatable bonds is 6. The highest BCUT2D eigenvalue weighted by Crippen LogP contribution is 2.15. The highest BCUT2D eigenvalue weighted by Gasteiger charge is 2.09. The summed E-state index contributed by atoms with van der Waals surface area (Å²) in [6.45, 7) is 0.977. The minimum Gasteiger partial charge on any atom is -0.381 e. The summed E-state index contributed by atoms with van der Waals surface area (Å²) >= 11 is 12.0. The molecule has 0 aliphatic carbocycles. The zero-order valence-corrected chi connectivity index (χ0v) is 15.4. The first-order chi connectivity index (χ1) is 12.6. The molecule has 0 saturated heterocycles. The minimum atomic E-state index is -0.250. The lowest BCUT2D eigenvalue weighted by atomic mass is 10.2. The first-order valence-corrected chi connectivity index (χ1v) is 8.83. The number of hydrogen-bond donors (Lipinski definition) is 2. The molecule has 0 radical (unpaired) electrons. The van der Waals surface area contributed by atoms with E-state index >= 15 is 0 Å². The third-order valence-electron chi connectivity index (χ3n) is 3.80. The SMILES string of the molecule is O=C(NCc1ccccc1Cl)c1cc(NCc2ccc(Cl)cc2)ccn1. The van der Waals surface area contributed by atoms with Crippen molar-refractivity contribution in [2.75, 3.05) is 5.32 Å². The van der Waals surface area contributed by atoms with E-state index in [1.165, 1.54) is 0 Å². The molecule has 0 bridgehead atoms. The first kappa shape index (κ1) is 18.2. The molecule has 0 aliphatic heterocycles. The van der Waals surface area contributed by atoms with Gasteiger partial charge in [-0.15, -0.1) is 0 Å². The standard InChI is InChI=1S/C20H17Cl2N3O/c21-16-7-5-14(6-8-16)12-24-17-9-10-23-19(11-17)20(26)25-13-15-3-1-2-4-18(15)22/h1-11H,12-13H2,(H,23,24)(H,25,26). The summed E-state index contributed by atoms with van der Waals surface area (Å²) in [5, 5.41) is 7.44. The van der Waals surface area contributed by atoms with E-state index in [1.807, 2.05) is 48.5 Å². The Morgan fingerprint density at radius 2 is 1.73 bits per heavy atom. The molecule has 3 aromatic rings. The zero-order valence-electron chi connectivity index (χ0n) is 13.9. The number of carbonyl (C=O) groups is 1. The van der Waals surface area contributed by atoms with Gasteiger partial charge < -0.3 is 10.6 Å². The van der Waals surface area contributed by atoms with E-state index in [-0.39, 0.29) is 5.91 Å². The van der Waals surface area contributed by atoms with Gasteiger partial charge in [0.2, 0.25) is 0 Å². The van der Waals surface area contributed by atoms with Gasteiger partial charge in [-0.05, 0) is 41.5 Å². The predicted molar refractivity (Wildman–Crippen MR) is 106 cm³/mol. The number of benzene rings is 2. The van der Waals surface area contributed by atoms with E-state index in [1.54, 1.807) is 18.3 Å². The van der Waals surface area contributed by atoms with Crippen LogP contribution in [0.5, 0.6) is 0 Å². The second kappa shape index (κ2) is 8.70. The average Bonchev–Trinajstić information content (AvgIpc) is 2.67. The normalized spacial score (nSPS) is 10.4. The molecule has 132 valence electrons. The van der Waals surface area contributed by atoms with Crippen LogP contribution >= 0.6 is 23.2 Å². The van der Waals surface area contributed by atoms with Crippen molar-refractivity contribution in [3.8, 4) is 0 Å². The maximum absolute atomic E-state index is 12.3. The zero-order chi connectivity index (χ0) is 18.4. The third kappa shape index (κ3) is 4.97. The fraction of sp³-hybridized carbons (Fsp3) is 0.100. The Hall–Kier alpha value is -2.56. The van der Waals surface area contributed by atoms with Gasteiger partial charge in [0.15, 0.2) is 0 Å². The Morgan fingerprint density at radius 1 is 0.962 bits per heavy atom. The van der Waals surface area contributed by atoms with E-state index in [2.05, 4.69) is 15.6 Å². The average molecular weight is 386 g/mol. The fourth-order valence-corrected chi connectivity index (χ4v) is 2.71. The van der Waals surface area contributed by atoms with Crippen LogP contribution in [0.25, 0.3) is 0 Å². The molecule has 0 unspecified atom stereocenters. The van der Waals surface area contributed by atoms with Gasteiger partial charge in [0.05, 0.1) is 0 Å². The quantitative estimate of drug-likeness (QED) is 0.632. The second-order valence-electron chi connectivity index (χ2n) is 5.68. The van der Waals surface area contributed by atoms with Crippen molar-refractivity contribution >= 4 is 34.8 Å². The number of nitrogens with zero attached hydrogens (tertiary/aromatic N) is 1. The van der Waals surface area contributed by atoms with Crippen LogP contribution in [0.3, 0.4) is 0 Å². The molecule has 1 amide bonds. The van der Waals surface area contributed by atoms with Crippen LogP contribution in [-0.2, 0) is 13.1 Å². The van der Waals surface area contributed by atoms with E-state index in [9.17, 15) is 4.79 Å². The maximum atomic E-state index is 12.3. The monoisotopic (exact) mass is 385 g/mol. The Morgan fingerprint density at radius 3 is 2.50 bits per heavy atom. The molecule has 4 nitrogen and oxygen atoms in total. The minimum absolute atomic E-state index is 0.250. The van der Waals surface area contributed by atoms with Crippen LogP contribution in [0.15, 0.2) is 66.9 Å². The summed E-state index contributed by atoms with van der Waals surface area (Å²) in [4.78, 5) is 16.5. The number of amides is 1. The molecule has 0 aliphatic rings. The highest BCUT2D eigenvalue weighted by atomic mass is 35.5. The Kier molecular flexibility index (Phi) is 6.10. The lowest BCUT2D eigenvalue weighted by Gasteiger charge is -2.09. The smallest absolute Gasteiger partial charge is 0.270 e. The van der Waals surface area contributed by atoms with Gasteiger partial charge in [-0.25, -0.2) is 0 Å². The highest BCUT2D eigenvalue weighted by molar-refractivity contribution is 6.31. The largest absolute Gasteiger partial charge is 0.381 e. The van der Waals surface area contributed by atoms with E-state index < -0.39 is 0 Å². The van der Waals surface area contributed by atoms with E-state index in [0.29, 0.717) is 28.8 Å². The van der Waals surface area contributed by atoms with Crippen molar-refractivity contribution in [2.45, 2.75) is 13.1 Å².